The monoisotopic (exact) mass is 285 g/mol. The third kappa shape index (κ3) is 4.18. The van der Waals surface area contributed by atoms with Gasteiger partial charge in [-0.1, -0.05) is 17.7 Å². The zero-order valence-electron chi connectivity index (χ0n) is 10.6. The van der Waals surface area contributed by atoms with E-state index in [1.54, 1.807) is 12.1 Å². The Bertz CT molecular complexity index is 427. The molecule has 1 aromatic rings. The van der Waals surface area contributed by atoms with Crippen molar-refractivity contribution in [3.05, 3.63) is 34.6 Å². The second kappa shape index (κ2) is 6.87. The molecule has 0 spiro atoms. The maximum atomic E-state index is 13.5. The Morgan fingerprint density at radius 3 is 3.05 bits per heavy atom. The highest BCUT2D eigenvalue weighted by Gasteiger charge is 2.18. The first-order valence-corrected chi connectivity index (χ1v) is 6.86. The number of amides is 1. The summed E-state index contributed by atoms with van der Waals surface area (Å²) in [7, 11) is 0. The summed E-state index contributed by atoms with van der Waals surface area (Å²) in [5, 5.41) is 3.16. The molecule has 0 radical (unpaired) electrons. The van der Waals surface area contributed by atoms with Crippen LogP contribution in [0, 0.1) is 5.82 Å². The first-order chi connectivity index (χ1) is 9.16. The second-order valence-electron chi connectivity index (χ2n) is 4.64. The number of nitrogens with one attached hydrogen (secondary N) is 1. The van der Waals surface area contributed by atoms with E-state index in [4.69, 9.17) is 16.3 Å². The van der Waals surface area contributed by atoms with Gasteiger partial charge < -0.3 is 10.1 Å². The van der Waals surface area contributed by atoms with Gasteiger partial charge in [0, 0.05) is 23.7 Å². The predicted octanol–water partition coefficient (Wildman–Crippen LogP) is 2.71. The molecular formula is C14H17ClFNO2. The number of hydrogen-bond donors (Lipinski definition) is 1. The first kappa shape index (κ1) is 14.3. The van der Waals surface area contributed by atoms with Gasteiger partial charge in [0.1, 0.15) is 5.82 Å². The van der Waals surface area contributed by atoms with Gasteiger partial charge in [-0.25, -0.2) is 4.39 Å². The second-order valence-corrected chi connectivity index (χ2v) is 5.05. The van der Waals surface area contributed by atoms with Crippen molar-refractivity contribution in [3.8, 4) is 0 Å². The highest BCUT2D eigenvalue weighted by Crippen LogP contribution is 2.19. The fraction of sp³-hybridized carbons (Fsp3) is 0.500. The average Bonchev–Trinajstić information content (AvgIpc) is 2.85. The van der Waals surface area contributed by atoms with Gasteiger partial charge in [0.15, 0.2) is 0 Å². The van der Waals surface area contributed by atoms with Crippen molar-refractivity contribution in [1.29, 1.82) is 0 Å². The maximum Gasteiger partial charge on any atom is 0.222 e. The van der Waals surface area contributed by atoms with Crippen molar-refractivity contribution in [2.75, 3.05) is 13.2 Å². The maximum absolute atomic E-state index is 13.5. The van der Waals surface area contributed by atoms with E-state index in [2.05, 4.69) is 5.32 Å². The van der Waals surface area contributed by atoms with Gasteiger partial charge in [-0.2, -0.15) is 0 Å². The molecule has 1 saturated heterocycles. The third-order valence-electron chi connectivity index (χ3n) is 3.20. The summed E-state index contributed by atoms with van der Waals surface area (Å²) < 4.78 is 18.9. The number of hydrogen-bond acceptors (Lipinski definition) is 2. The Hall–Kier alpha value is -1.13. The van der Waals surface area contributed by atoms with Crippen LogP contribution in [0.25, 0.3) is 0 Å². The molecule has 1 atom stereocenters. The van der Waals surface area contributed by atoms with Gasteiger partial charge in [-0.05, 0) is 31.4 Å². The standard InChI is InChI=1S/C14H17ClFNO2/c15-12-4-1-5-13(16)11(12)6-7-17-14(18)9-10-3-2-8-19-10/h1,4-5,10H,2-3,6-9H2,(H,17,18)/t10-/m0/s1. The van der Waals surface area contributed by atoms with Crippen LogP contribution >= 0.6 is 11.6 Å². The Morgan fingerprint density at radius 2 is 2.37 bits per heavy atom. The largest absolute Gasteiger partial charge is 0.378 e. The van der Waals surface area contributed by atoms with Crippen LogP contribution in [-0.4, -0.2) is 25.2 Å². The van der Waals surface area contributed by atoms with E-state index in [-0.39, 0.29) is 17.8 Å². The van der Waals surface area contributed by atoms with E-state index in [1.165, 1.54) is 6.07 Å². The SMILES string of the molecule is O=C(C[C@@H]1CCCO1)NCCc1c(F)cccc1Cl. The van der Waals surface area contributed by atoms with E-state index < -0.39 is 0 Å². The molecule has 0 aromatic heterocycles. The van der Waals surface area contributed by atoms with Crippen LogP contribution < -0.4 is 5.32 Å². The topological polar surface area (TPSA) is 38.3 Å². The molecule has 1 N–H and O–H groups in total. The van der Waals surface area contributed by atoms with E-state index in [0.29, 0.717) is 30.0 Å². The highest BCUT2D eigenvalue weighted by molar-refractivity contribution is 6.31. The molecule has 5 heteroatoms. The van der Waals surface area contributed by atoms with E-state index in [1.807, 2.05) is 0 Å². The minimum absolute atomic E-state index is 0.0389. The van der Waals surface area contributed by atoms with Crippen molar-refractivity contribution >= 4 is 17.5 Å². The molecule has 1 aliphatic rings. The molecule has 0 unspecified atom stereocenters. The molecule has 1 fully saturated rings. The number of rotatable bonds is 5. The van der Waals surface area contributed by atoms with Crippen LogP contribution in [0.2, 0.25) is 5.02 Å². The van der Waals surface area contributed by atoms with Gasteiger partial charge in [0.05, 0.1) is 12.5 Å². The smallest absolute Gasteiger partial charge is 0.222 e. The summed E-state index contributed by atoms with van der Waals surface area (Å²) in [5.74, 6) is -0.389. The molecular weight excluding hydrogens is 269 g/mol. The quantitative estimate of drug-likeness (QED) is 0.903. The zero-order valence-corrected chi connectivity index (χ0v) is 11.4. The molecule has 2 rings (SSSR count). The van der Waals surface area contributed by atoms with Crippen molar-refractivity contribution in [3.63, 3.8) is 0 Å². The summed E-state index contributed by atoms with van der Waals surface area (Å²) in [6.07, 6.45) is 2.76. The Kier molecular flexibility index (Phi) is 5.16. The van der Waals surface area contributed by atoms with E-state index in [9.17, 15) is 9.18 Å². The lowest BCUT2D eigenvalue weighted by atomic mass is 10.1. The number of halogens is 2. The van der Waals surface area contributed by atoms with Gasteiger partial charge >= 0.3 is 0 Å². The normalized spacial score (nSPS) is 18.5. The van der Waals surface area contributed by atoms with Gasteiger partial charge in [0.25, 0.3) is 0 Å². The van der Waals surface area contributed by atoms with Gasteiger partial charge in [-0.15, -0.1) is 0 Å². The first-order valence-electron chi connectivity index (χ1n) is 6.48. The minimum atomic E-state index is -0.333. The summed E-state index contributed by atoms with van der Waals surface area (Å²) in [6, 6.07) is 4.58. The lowest BCUT2D eigenvalue weighted by molar-refractivity contribution is -0.123. The molecule has 0 saturated carbocycles. The molecule has 0 bridgehead atoms. The fourth-order valence-corrected chi connectivity index (χ4v) is 2.44. The van der Waals surface area contributed by atoms with Crippen molar-refractivity contribution < 1.29 is 13.9 Å². The lowest BCUT2D eigenvalue weighted by Crippen LogP contribution is -2.29. The molecule has 0 aliphatic carbocycles. The highest BCUT2D eigenvalue weighted by atomic mass is 35.5. The number of ether oxygens (including phenoxy) is 1. The summed E-state index contributed by atoms with van der Waals surface area (Å²) in [6.45, 7) is 1.12. The van der Waals surface area contributed by atoms with Crippen molar-refractivity contribution in [1.82, 2.24) is 5.32 Å². The molecule has 3 nitrogen and oxygen atoms in total. The van der Waals surface area contributed by atoms with Crippen molar-refractivity contribution in [2.45, 2.75) is 31.8 Å². The van der Waals surface area contributed by atoms with Crippen LogP contribution in [0.15, 0.2) is 18.2 Å². The van der Waals surface area contributed by atoms with Crippen molar-refractivity contribution in [2.24, 2.45) is 0 Å². The Balaban J connectivity index is 1.75. The Morgan fingerprint density at radius 1 is 1.53 bits per heavy atom. The summed E-state index contributed by atoms with van der Waals surface area (Å²) in [4.78, 5) is 11.6. The van der Waals surface area contributed by atoms with Crippen LogP contribution in [0.3, 0.4) is 0 Å². The predicted molar refractivity (Wildman–Crippen MR) is 71.7 cm³/mol. The van der Waals surface area contributed by atoms with Gasteiger partial charge in [-0.3, -0.25) is 4.79 Å². The zero-order chi connectivity index (χ0) is 13.7. The molecule has 104 valence electrons. The van der Waals surface area contributed by atoms with E-state index in [0.717, 1.165) is 19.4 Å². The van der Waals surface area contributed by atoms with Crippen LogP contribution in [0.1, 0.15) is 24.8 Å². The minimum Gasteiger partial charge on any atom is -0.378 e. The molecule has 1 amide bonds. The average molecular weight is 286 g/mol. The van der Waals surface area contributed by atoms with Crippen LogP contribution in [0.5, 0.6) is 0 Å². The number of benzene rings is 1. The lowest BCUT2D eigenvalue weighted by Gasteiger charge is -2.10. The van der Waals surface area contributed by atoms with E-state index >= 15 is 0 Å². The summed E-state index contributed by atoms with van der Waals surface area (Å²) in [5.41, 5.74) is 0.446. The third-order valence-corrected chi connectivity index (χ3v) is 3.55. The van der Waals surface area contributed by atoms with Crippen LogP contribution in [0.4, 0.5) is 4.39 Å². The summed E-state index contributed by atoms with van der Waals surface area (Å²) >= 11 is 5.91. The Labute approximate surface area is 117 Å². The number of carbonyl (C=O) groups is 1. The molecule has 19 heavy (non-hydrogen) atoms. The van der Waals surface area contributed by atoms with Gasteiger partial charge in [0.2, 0.25) is 5.91 Å². The fourth-order valence-electron chi connectivity index (χ4n) is 2.18. The van der Waals surface area contributed by atoms with Crippen LogP contribution in [-0.2, 0) is 16.0 Å². The molecule has 1 aliphatic heterocycles. The number of carbonyl (C=O) groups excluding carboxylic acids is 1. The molecule has 1 heterocycles. The molecule has 1 aromatic carbocycles.